The van der Waals surface area contributed by atoms with Crippen molar-refractivity contribution in [2.24, 2.45) is 0 Å². The minimum Gasteiger partial charge on any atom is -0.508 e. The molecule has 0 spiro atoms. The summed E-state index contributed by atoms with van der Waals surface area (Å²) in [7, 11) is 2.22. The molecule has 2 aliphatic heterocycles. The Hall–Kier alpha value is -1.39. The van der Waals surface area contributed by atoms with Crippen LogP contribution in [0.2, 0.25) is 0 Å². The van der Waals surface area contributed by atoms with Crippen molar-refractivity contribution >= 4 is 5.78 Å². The predicted octanol–water partition coefficient (Wildman–Crippen LogP) is 1.74. The molecule has 0 amide bonds. The van der Waals surface area contributed by atoms with Gasteiger partial charge in [-0.1, -0.05) is 0 Å². The van der Waals surface area contributed by atoms with Crippen LogP contribution in [0.4, 0.5) is 0 Å². The van der Waals surface area contributed by atoms with Crippen LogP contribution >= 0.6 is 0 Å². The van der Waals surface area contributed by atoms with Gasteiger partial charge in [-0.25, -0.2) is 0 Å². The lowest BCUT2D eigenvalue weighted by molar-refractivity contribution is 0.0923. The van der Waals surface area contributed by atoms with Crippen molar-refractivity contribution in [3.63, 3.8) is 0 Å². The van der Waals surface area contributed by atoms with E-state index in [1.165, 1.54) is 12.8 Å². The summed E-state index contributed by atoms with van der Waals surface area (Å²) in [4.78, 5) is 17.1. The molecule has 2 fully saturated rings. The van der Waals surface area contributed by atoms with E-state index >= 15 is 0 Å². The highest BCUT2D eigenvalue weighted by Crippen LogP contribution is 2.28. The molecule has 0 aromatic heterocycles. The van der Waals surface area contributed by atoms with Gasteiger partial charge in [0, 0.05) is 30.7 Å². The number of carbonyl (C=O) groups excluding carboxylic acids is 1. The smallest absolute Gasteiger partial charge is 0.176 e. The number of carbonyl (C=O) groups is 1. The molecular formula is C16H22N2O2. The summed E-state index contributed by atoms with van der Waals surface area (Å²) in [5.74, 6) is 0.348. The van der Waals surface area contributed by atoms with Gasteiger partial charge in [-0.05, 0) is 50.6 Å². The highest BCUT2D eigenvalue weighted by molar-refractivity contribution is 5.97. The normalized spacial score (nSPS) is 27.4. The number of hydrogen-bond acceptors (Lipinski definition) is 4. The second-order valence-corrected chi connectivity index (χ2v) is 6.04. The summed E-state index contributed by atoms with van der Waals surface area (Å²) in [6.07, 6.45) is 3.72. The fraction of sp³-hybridized carbons (Fsp3) is 0.562. The van der Waals surface area contributed by atoms with Gasteiger partial charge in [0.05, 0.1) is 6.54 Å². The third-order valence-corrected chi connectivity index (χ3v) is 4.79. The predicted molar refractivity (Wildman–Crippen MR) is 78.1 cm³/mol. The minimum atomic E-state index is 0.144. The second-order valence-electron chi connectivity index (χ2n) is 6.04. The van der Waals surface area contributed by atoms with Gasteiger partial charge in [0.1, 0.15) is 5.75 Å². The zero-order chi connectivity index (χ0) is 14.1. The first-order valence-electron chi connectivity index (χ1n) is 7.40. The first kappa shape index (κ1) is 13.6. The van der Waals surface area contributed by atoms with Gasteiger partial charge in [-0.3, -0.25) is 14.6 Å². The highest BCUT2D eigenvalue weighted by Gasteiger charge is 2.34. The van der Waals surface area contributed by atoms with Crippen LogP contribution in [0.15, 0.2) is 24.3 Å². The van der Waals surface area contributed by atoms with Crippen molar-refractivity contribution in [1.82, 2.24) is 9.80 Å². The molecule has 2 unspecified atom stereocenters. The number of aromatic hydroxyl groups is 1. The van der Waals surface area contributed by atoms with Gasteiger partial charge >= 0.3 is 0 Å². The fourth-order valence-electron chi connectivity index (χ4n) is 3.46. The molecule has 0 saturated carbocycles. The Labute approximate surface area is 120 Å². The maximum atomic E-state index is 12.3. The molecule has 2 atom stereocenters. The number of benzene rings is 1. The van der Waals surface area contributed by atoms with Crippen LogP contribution in [-0.2, 0) is 0 Å². The van der Waals surface area contributed by atoms with Crippen LogP contribution in [-0.4, -0.2) is 59.5 Å². The quantitative estimate of drug-likeness (QED) is 0.853. The summed E-state index contributed by atoms with van der Waals surface area (Å²) in [6, 6.07) is 7.86. The molecular weight excluding hydrogens is 252 g/mol. The van der Waals surface area contributed by atoms with Crippen LogP contribution in [0.3, 0.4) is 0 Å². The number of hydrogen-bond donors (Lipinski definition) is 1. The van der Waals surface area contributed by atoms with Gasteiger partial charge in [0.15, 0.2) is 5.78 Å². The molecule has 0 aliphatic carbocycles. The van der Waals surface area contributed by atoms with Crippen LogP contribution in [0.5, 0.6) is 5.75 Å². The van der Waals surface area contributed by atoms with Crippen LogP contribution < -0.4 is 0 Å². The number of likely N-dealkylation sites (tertiary alicyclic amines) is 1. The number of nitrogens with zero attached hydrogens (tertiary/aromatic N) is 2. The summed E-state index contributed by atoms with van der Waals surface area (Å²) in [6.45, 7) is 2.49. The average Bonchev–Trinajstić information content (AvgIpc) is 2.68. The monoisotopic (exact) mass is 274 g/mol. The maximum Gasteiger partial charge on any atom is 0.176 e. The Bertz CT molecular complexity index is 486. The zero-order valence-corrected chi connectivity index (χ0v) is 12.0. The van der Waals surface area contributed by atoms with Crippen LogP contribution in [0.1, 0.15) is 29.6 Å². The van der Waals surface area contributed by atoms with Gasteiger partial charge in [0.2, 0.25) is 0 Å². The molecule has 1 aromatic rings. The standard InChI is InChI=1S/C16H22N2O2/c1-17-13-4-5-14(17)10-18(9-8-13)11-16(20)12-2-6-15(19)7-3-12/h2-3,6-7,13-14,19H,4-5,8-11H2,1H3. The van der Waals surface area contributed by atoms with Crippen LogP contribution in [0, 0.1) is 0 Å². The summed E-state index contributed by atoms with van der Waals surface area (Å²) in [5.41, 5.74) is 0.686. The number of Topliss-reactive ketones (excluding diaryl/α,β-unsaturated/α-hetero) is 1. The average molecular weight is 274 g/mol. The molecule has 4 nitrogen and oxygen atoms in total. The highest BCUT2D eigenvalue weighted by atomic mass is 16.3. The van der Waals surface area contributed by atoms with Crippen molar-refractivity contribution in [2.75, 3.05) is 26.7 Å². The van der Waals surface area contributed by atoms with Crippen molar-refractivity contribution in [3.05, 3.63) is 29.8 Å². The van der Waals surface area contributed by atoms with Gasteiger partial charge in [0.25, 0.3) is 0 Å². The molecule has 20 heavy (non-hydrogen) atoms. The first-order valence-corrected chi connectivity index (χ1v) is 7.40. The van der Waals surface area contributed by atoms with E-state index in [0.717, 1.165) is 19.5 Å². The van der Waals surface area contributed by atoms with Crippen molar-refractivity contribution in [1.29, 1.82) is 0 Å². The molecule has 4 heteroatoms. The lowest BCUT2D eigenvalue weighted by Gasteiger charge is -2.25. The van der Waals surface area contributed by atoms with E-state index in [9.17, 15) is 9.90 Å². The van der Waals surface area contributed by atoms with E-state index in [1.807, 2.05) is 0 Å². The van der Waals surface area contributed by atoms with Crippen molar-refractivity contribution in [2.45, 2.75) is 31.3 Å². The van der Waals surface area contributed by atoms with Crippen molar-refractivity contribution < 1.29 is 9.90 Å². The van der Waals surface area contributed by atoms with E-state index in [-0.39, 0.29) is 11.5 Å². The molecule has 3 rings (SSSR count). The Morgan fingerprint density at radius 1 is 1.20 bits per heavy atom. The number of phenolic OH excluding ortho intramolecular Hbond substituents is 1. The molecule has 2 bridgehead atoms. The lowest BCUT2D eigenvalue weighted by atomic mass is 10.1. The topological polar surface area (TPSA) is 43.8 Å². The molecule has 0 radical (unpaired) electrons. The van der Waals surface area contributed by atoms with Gasteiger partial charge in [-0.2, -0.15) is 0 Å². The van der Waals surface area contributed by atoms with Gasteiger partial charge < -0.3 is 5.11 Å². The lowest BCUT2D eigenvalue weighted by Crippen LogP contribution is -2.38. The fourth-order valence-corrected chi connectivity index (χ4v) is 3.46. The van der Waals surface area contributed by atoms with E-state index in [4.69, 9.17) is 0 Å². The maximum absolute atomic E-state index is 12.3. The molecule has 1 N–H and O–H groups in total. The third kappa shape index (κ3) is 2.72. The number of fused-ring (bicyclic) bond motifs is 2. The minimum absolute atomic E-state index is 0.144. The van der Waals surface area contributed by atoms with E-state index in [2.05, 4.69) is 16.8 Å². The van der Waals surface area contributed by atoms with Crippen LogP contribution in [0.25, 0.3) is 0 Å². The number of phenols is 1. The largest absolute Gasteiger partial charge is 0.508 e. The summed E-state index contributed by atoms with van der Waals surface area (Å²) < 4.78 is 0. The second kappa shape index (κ2) is 5.54. The number of ketones is 1. The SMILES string of the molecule is CN1C2CCC1CN(CC(=O)c1ccc(O)cc1)CC2. The van der Waals surface area contributed by atoms with E-state index < -0.39 is 0 Å². The van der Waals surface area contributed by atoms with E-state index in [1.54, 1.807) is 24.3 Å². The van der Waals surface area contributed by atoms with Crippen molar-refractivity contribution in [3.8, 4) is 5.75 Å². The molecule has 108 valence electrons. The Kier molecular flexibility index (Phi) is 3.76. The van der Waals surface area contributed by atoms with Gasteiger partial charge in [-0.15, -0.1) is 0 Å². The molecule has 2 heterocycles. The Balaban J connectivity index is 1.63. The molecule has 2 aliphatic rings. The first-order chi connectivity index (χ1) is 9.63. The Morgan fingerprint density at radius 2 is 1.90 bits per heavy atom. The third-order valence-electron chi connectivity index (χ3n) is 4.79. The summed E-state index contributed by atoms with van der Waals surface area (Å²) >= 11 is 0. The molecule has 2 saturated heterocycles. The Morgan fingerprint density at radius 3 is 2.65 bits per heavy atom. The number of rotatable bonds is 3. The molecule has 1 aromatic carbocycles. The van der Waals surface area contributed by atoms with E-state index in [0.29, 0.717) is 24.2 Å². The zero-order valence-electron chi connectivity index (χ0n) is 12.0. The summed E-state index contributed by atoms with van der Waals surface area (Å²) in [5, 5.41) is 9.27. The number of likely N-dealkylation sites (N-methyl/N-ethyl adjacent to an activating group) is 1.